The normalized spacial score (nSPS) is 11.1. The fraction of sp³-hybridized carbons (Fsp3) is 0.250. The van der Waals surface area contributed by atoms with Crippen molar-refractivity contribution in [3.05, 3.63) is 27.6 Å². The average molecular weight is 266 g/mol. The summed E-state index contributed by atoms with van der Waals surface area (Å²) < 4.78 is 39.5. The van der Waals surface area contributed by atoms with Crippen LogP contribution in [-0.4, -0.2) is 27.3 Å². The maximum atomic E-state index is 12.1. The maximum Gasteiger partial charge on any atom is 0.573 e. The van der Waals surface area contributed by atoms with Gasteiger partial charge in [0.1, 0.15) is 0 Å². The van der Waals surface area contributed by atoms with Gasteiger partial charge in [-0.2, -0.15) is 0 Å². The van der Waals surface area contributed by atoms with Crippen LogP contribution in [0.3, 0.4) is 0 Å². The first-order chi connectivity index (χ1) is 8.11. The number of pyridine rings is 1. The van der Waals surface area contributed by atoms with Gasteiger partial charge in [-0.15, -0.1) is 13.2 Å². The zero-order valence-electron chi connectivity index (χ0n) is 8.69. The lowest BCUT2D eigenvalue weighted by Crippen LogP contribution is -2.21. The zero-order chi connectivity index (χ0) is 14.1. The summed E-state index contributed by atoms with van der Waals surface area (Å²) in [5.41, 5.74) is -2.40. The minimum Gasteiger partial charge on any atom is -0.476 e. The predicted octanol–water partition coefficient (Wildman–Crippen LogP) is 1.90. The molecule has 0 bridgehead atoms. The van der Waals surface area contributed by atoms with Crippen LogP contribution in [0.2, 0.25) is 0 Å². The van der Waals surface area contributed by atoms with E-state index >= 15 is 0 Å². The molecular weight excluding hydrogens is 261 g/mol. The van der Waals surface area contributed by atoms with E-state index in [9.17, 15) is 28.1 Å². The molecule has 1 N–H and O–H groups in total. The van der Waals surface area contributed by atoms with Gasteiger partial charge in [0.05, 0.1) is 4.92 Å². The Hall–Kier alpha value is -2.39. The number of aromatic nitrogens is 1. The first kappa shape index (κ1) is 13.7. The number of halogens is 3. The van der Waals surface area contributed by atoms with E-state index in [4.69, 9.17) is 5.11 Å². The third kappa shape index (κ3) is 3.06. The van der Waals surface area contributed by atoms with Gasteiger partial charge in [0, 0.05) is 11.8 Å². The van der Waals surface area contributed by atoms with E-state index in [1.165, 1.54) is 6.92 Å². The van der Waals surface area contributed by atoms with Gasteiger partial charge in [0.25, 0.3) is 0 Å². The highest BCUT2D eigenvalue weighted by Gasteiger charge is 2.38. The Morgan fingerprint density at radius 2 is 2.11 bits per heavy atom. The molecule has 0 aliphatic heterocycles. The van der Waals surface area contributed by atoms with Gasteiger partial charge in [-0.1, -0.05) is 0 Å². The lowest BCUT2D eigenvalue weighted by Gasteiger charge is -2.11. The van der Waals surface area contributed by atoms with Crippen LogP contribution in [0.4, 0.5) is 18.9 Å². The van der Waals surface area contributed by atoms with Crippen LogP contribution >= 0.6 is 0 Å². The van der Waals surface area contributed by atoms with Crippen molar-refractivity contribution in [2.75, 3.05) is 0 Å². The smallest absolute Gasteiger partial charge is 0.476 e. The maximum absolute atomic E-state index is 12.1. The molecule has 0 fully saturated rings. The fourth-order valence-corrected chi connectivity index (χ4v) is 1.14. The van der Waals surface area contributed by atoms with E-state index in [0.717, 1.165) is 0 Å². The Balaban J connectivity index is 3.51. The zero-order valence-corrected chi connectivity index (χ0v) is 8.69. The molecule has 0 aliphatic carbocycles. The topological polar surface area (TPSA) is 103 Å². The fourth-order valence-electron chi connectivity index (χ4n) is 1.14. The van der Waals surface area contributed by atoms with Crippen molar-refractivity contribution < 1.29 is 32.7 Å². The Morgan fingerprint density at radius 3 is 2.50 bits per heavy atom. The molecule has 1 aromatic heterocycles. The summed E-state index contributed by atoms with van der Waals surface area (Å²) in [6.07, 6.45) is -5.26. The predicted molar refractivity (Wildman–Crippen MR) is 49.3 cm³/mol. The third-order valence-electron chi connectivity index (χ3n) is 1.70. The molecular formula is C8H5F3N2O5. The van der Waals surface area contributed by atoms with E-state index in [2.05, 4.69) is 9.72 Å². The summed E-state index contributed by atoms with van der Waals surface area (Å²) in [7, 11) is 0. The highest BCUT2D eigenvalue weighted by molar-refractivity contribution is 5.90. The molecule has 0 unspecified atom stereocenters. The van der Waals surface area contributed by atoms with Crippen molar-refractivity contribution in [3.63, 3.8) is 0 Å². The third-order valence-corrected chi connectivity index (χ3v) is 1.70. The first-order valence-electron chi connectivity index (χ1n) is 4.27. The molecule has 0 aromatic carbocycles. The van der Waals surface area contributed by atoms with Crippen molar-refractivity contribution >= 4 is 11.7 Å². The number of hydrogen-bond donors (Lipinski definition) is 1. The Labute approximate surface area is 97.0 Å². The van der Waals surface area contributed by atoms with Gasteiger partial charge >= 0.3 is 18.0 Å². The second-order valence-electron chi connectivity index (χ2n) is 3.07. The minimum absolute atomic E-state index is 0.117. The number of nitro groups is 1. The van der Waals surface area contributed by atoms with Crippen LogP contribution < -0.4 is 4.74 Å². The second kappa shape index (κ2) is 4.47. The van der Waals surface area contributed by atoms with Gasteiger partial charge in [-0.3, -0.25) is 10.1 Å². The largest absolute Gasteiger partial charge is 0.573 e. The molecule has 0 radical (unpaired) electrons. The highest BCUT2D eigenvalue weighted by atomic mass is 19.4. The van der Waals surface area contributed by atoms with Crippen LogP contribution in [0.5, 0.6) is 5.75 Å². The number of nitrogens with zero attached hydrogens (tertiary/aromatic N) is 2. The van der Waals surface area contributed by atoms with Crippen molar-refractivity contribution in [3.8, 4) is 5.75 Å². The Kier molecular flexibility index (Phi) is 3.39. The highest BCUT2D eigenvalue weighted by Crippen LogP contribution is 2.34. The Morgan fingerprint density at radius 1 is 1.56 bits per heavy atom. The Bertz CT molecular complexity index is 479. The van der Waals surface area contributed by atoms with E-state index in [1.807, 2.05) is 0 Å². The molecule has 0 saturated heterocycles. The number of aromatic carboxylic acids is 1. The molecule has 7 nitrogen and oxygen atoms in total. The molecule has 0 aliphatic rings. The van der Waals surface area contributed by atoms with Crippen LogP contribution in [-0.2, 0) is 0 Å². The molecule has 1 rings (SSSR count). The summed E-state index contributed by atoms with van der Waals surface area (Å²) in [6.45, 7) is 1.21. The number of alkyl halides is 3. The van der Waals surface area contributed by atoms with Gasteiger partial charge in [-0.25, -0.2) is 9.78 Å². The van der Waals surface area contributed by atoms with Gasteiger partial charge in [0.15, 0.2) is 5.69 Å². The number of aryl methyl sites for hydroxylation is 1. The van der Waals surface area contributed by atoms with Crippen molar-refractivity contribution in [2.24, 2.45) is 0 Å². The van der Waals surface area contributed by atoms with Crippen LogP contribution in [0, 0.1) is 17.0 Å². The van der Waals surface area contributed by atoms with Gasteiger partial charge < -0.3 is 9.84 Å². The number of hydrogen-bond acceptors (Lipinski definition) is 5. The lowest BCUT2D eigenvalue weighted by molar-refractivity contribution is -0.388. The second-order valence-corrected chi connectivity index (χ2v) is 3.07. The molecule has 0 atom stereocenters. The first-order valence-corrected chi connectivity index (χ1v) is 4.27. The molecule has 0 amide bonds. The molecule has 0 spiro atoms. The lowest BCUT2D eigenvalue weighted by atomic mass is 10.2. The van der Waals surface area contributed by atoms with Crippen molar-refractivity contribution in [2.45, 2.75) is 13.3 Å². The van der Waals surface area contributed by atoms with E-state index in [1.54, 1.807) is 0 Å². The van der Waals surface area contributed by atoms with Crippen LogP contribution in [0.25, 0.3) is 0 Å². The average Bonchev–Trinajstić information content (AvgIpc) is 2.17. The standard InChI is InChI=1S/C8H5F3N2O5/c1-3-2-4(13(16)17)6(18-8(9,10)11)5(12-3)7(14)15/h2H,1H3,(H,14,15). The minimum atomic E-state index is -5.26. The number of carboxylic acid groups (broad SMARTS) is 1. The molecule has 0 saturated carbocycles. The number of ether oxygens (including phenoxy) is 1. The molecule has 10 heteroatoms. The molecule has 1 aromatic rings. The van der Waals surface area contributed by atoms with E-state index < -0.39 is 34.4 Å². The SMILES string of the molecule is Cc1cc([N+](=O)[O-])c(OC(F)(F)F)c(C(=O)O)n1. The van der Waals surface area contributed by atoms with E-state index in [0.29, 0.717) is 6.07 Å². The summed E-state index contributed by atoms with van der Waals surface area (Å²) >= 11 is 0. The number of carboxylic acids is 1. The molecule has 98 valence electrons. The van der Waals surface area contributed by atoms with Crippen LogP contribution in [0.1, 0.15) is 16.2 Å². The van der Waals surface area contributed by atoms with Crippen molar-refractivity contribution in [1.29, 1.82) is 0 Å². The summed E-state index contributed by atoms with van der Waals surface area (Å²) in [5, 5.41) is 19.2. The summed E-state index contributed by atoms with van der Waals surface area (Å²) in [5.74, 6) is -3.30. The molecule has 1 heterocycles. The van der Waals surface area contributed by atoms with E-state index in [-0.39, 0.29) is 5.69 Å². The van der Waals surface area contributed by atoms with Gasteiger partial charge in [-0.05, 0) is 6.92 Å². The van der Waals surface area contributed by atoms with Crippen LogP contribution in [0.15, 0.2) is 6.07 Å². The monoisotopic (exact) mass is 266 g/mol. The number of carbonyl (C=O) groups is 1. The molecule has 18 heavy (non-hydrogen) atoms. The summed E-state index contributed by atoms with van der Waals surface area (Å²) in [6, 6.07) is 0.688. The number of rotatable bonds is 3. The summed E-state index contributed by atoms with van der Waals surface area (Å²) in [4.78, 5) is 23.4. The van der Waals surface area contributed by atoms with Crippen molar-refractivity contribution in [1.82, 2.24) is 4.98 Å². The van der Waals surface area contributed by atoms with Gasteiger partial charge in [0.2, 0.25) is 5.75 Å². The quantitative estimate of drug-likeness (QED) is 0.662.